The lowest BCUT2D eigenvalue weighted by atomic mass is 10.1. The number of aryl methyl sites for hydroxylation is 2. The normalized spacial score (nSPS) is 10.8. The monoisotopic (exact) mass is 341 g/mol. The van der Waals surface area contributed by atoms with Gasteiger partial charge in [0, 0.05) is 16.8 Å². The van der Waals surface area contributed by atoms with Gasteiger partial charge in [-0.1, -0.05) is 6.07 Å². The molecule has 0 heterocycles. The molecular formula is C21H27NO3. The highest BCUT2D eigenvalue weighted by Gasteiger charge is 2.12. The third kappa shape index (κ3) is 5.61. The van der Waals surface area contributed by atoms with Crippen molar-refractivity contribution < 1.29 is 14.3 Å². The average Bonchev–Trinajstić information content (AvgIpc) is 2.53. The van der Waals surface area contributed by atoms with Gasteiger partial charge in [0.15, 0.2) is 0 Å². The number of benzene rings is 2. The van der Waals surface area contributed by atoms with Gasteiger partial charge in [-0.25, -0.2) is 0 Å². The predicted octanol–water partition coefficient (Wildman–Crippen LogP) is 4.88. The molecular weight excluding hydrogens is 314 g/mol. The highest BCUT2D eigenvalue weighted by atomic mass is 16.5. The first-order valence-electron chi connectivity index (χ1n) is 8.66. The fraction of sp³-hybridized carbons (Fsp3) is 0.381. The van der Waals surface area contributed by atoms with Crippen LogP contribution in [-0.2, 0) is 11.3 Å². The van der Waals surface area contributed by atoms with Crippen molar-refractivity contribution in [3.63, 3.8) is 0 Å². The summed E-state index contributed by atoms with van der Waals surface area (Å²) < 4.78 is 11.3. The predicted molar refractivity (Wildman–Crippen MR) is 101 cm³/mol. The van der Waals surface area contributed by atoms with Gasteiger partial charge < -0.3 is 14.8 Å². The molecule has 1 N–H and O–H groups in total. The maximum atomic E-state index is 12.6. The second kappa shape index (κ2) is 8.67. The zero-order valence-corrected chi connectivity index (χ0v) is 15.7. The lowest BCUT2D eigenvalue weighted by Crippen LogP contribution is -2.13. The summed E-state index contributed by atoms with van der Waals surface area (Å²) in [6.07, 6.45) is 0.113. The third-order valence-electron chi connectivity index (χ3n) is 3.67. The SMILES string of the molecule is CCOc1ccc(C(=O)Nc2cc(C)cc(C)c2)cc1COC(C)C. The molecule has 0 spiro atoms. The van der Waals surface area contributed by atoms with E-state index < -0.39 is 0 Å². The van der Waals surface area contributed by atoms with Crippen LogP contribution in [0.15, 0.2) is 36.4 Å². The highest BCUT2D eigenvalue weighted by Crippen LogP contribution is 2.23. The number of rotatable bonds is 7. The summed E-state index contributed by atoms with van der Waals surface area (Å²) in [6, 6.07) is 11.4. The molecule has 0 radical (unpaired) electrons. The molecule has 0 aliphatic carbocycles. The Morgan fingerprint density at radius 1 is 1.08 bits per heavy atom. The van der Waals surface area contributed by atoms with Gasteiger partial charge in [-0.3, -0.25) is 4.79 Å². The Labute approximate surface area is 150 Å². The largest absolute Gasteiger partial charge is 0.494 e. The Morgan fingerprint density at radius 3 is 2.36 bits per heavy atom. The quantitative estimate of drug-likeness (QED) is 0.781. The van der Waals surface area contributed by atoms with Crippen LogP contribution >= 0.6 is 0 Å². The van der Waals surface area contributed by atoms with Gasteiger partial charge in [-0.15, -0.1) is 0 Å². The summed E-state index contributed by atoms with van der Waals surface area (Å²) in [5.74, 6) is 0.616. The molecule has 0 unspecified atom stereocenters. The Morgan fingerprint density at radius 2 is 1.76 bits per heavy atom. The Hall–Kier alpha value is -2.33. The third-order valence-corrected chi connectivity index (χ3v) is 3.67. The van der Waals surface area contributed by atoms with Crippen molar-refractivity contribution in [3.8, 4) is 5.75 Å². The van der Waals surface area contributed by atoms with Gasteiger partial charge in [-0.2, -0.15) is 0 Å². The average molecular weight is 341 g/mol. The first-order chi connectivity index (χ1) is 11.9. The summed E-state index contributed by atoms with van der Waals surface area (Å²) in [5, 5.41) is 2.96. The minimum absolute atomic E-state index is 0.113. The van der Waals surface area contributed by atoms with E-state index in [1.165, 1.54) is 0 Å². The molecule has 134 valence electrons. The van der Waals surface area contributed by atoms with Crippen LogP contribution in [0.1, 0.15) is 47.8 Å². The first kappa shape index (κ1) is 19.0. The minimum atomic E-state index is -0.140. The summed E-state index contributed by atoms with van der Waals surface area (Å²) in [6.45, 7) is 10.9. The van der Waals surface area contributed by atoms with E-state index in [1.807, 2.05) is 58.9 Å². The number of ether oxygens (including phenoxy) is 2. The molecule has 4 heteroatoms. The van der Waals surface area contributed by atoms with Crippen LogP contribution in [0.5, 0.6) is 5.75 Å². The molecule has 0 saturated heterocycles. The molecule has 0 atom stereocenters. The van der Waals surface area contributed by atoms with Crippen LogP contribution in [0.2, 0.25) is 0 Å². The second-order valence-corrected chi connectivity index (χ2v) is 6.45. The lowest BCUT2D eigenvalue weighted by Gasteiger charge is -2.14. The molecule has 0 saturated carbocycles. The molecule has 0 fully saturated rings. The summed E-state index contributed by atoms with van der Waals surface area (Å²) in [5.41, 5.74) is 4.51. The van der Waals surface area contributed by atoms with Crippen LogP contribution in [0.3, 0.4) is 0 Å². The molecule has 0 aromatic heterocycles. The molecule has 2 aromatic rings. The van der Waals surface area contributed by atoms with Gasteiger partial charge in [0.2, 0.25) is 0 Å². The van der Waals surface area contributed by atoms with Crippen molar-refractivity contribution in [3.05, 3.63) is 58.7 Å². The number of amides is 1. The summed E-state index contributed by atoms with van der Waals surface area (Å²) in [7, 11) is 0. The standard InChI is InChI=1S/C21H27NO3/c1-6-24-20-8-7-17(12-18(20)13-25-14(2)3)21(23)22-19-10-15(4)9-16(5)11-19/h7-12,14H,6,13H2,1-5H3,(H,22,23). The molecule has 4 nitrogen and oxygen atoms in total. The molecule has 1 amide bonds. The fourth-order valence-electron chi connectivity index (χ4n) is 2.64. The van der Waals surface area contributed by atoms with Crippen molar-refractivity contribution in [2.45, 2.75) is 47.3 Å². The van der Waals surface area contributed by atoms with Gasteiger partial charge in [0.1, 0.15) is 5.75 Å². The van der Waals surface area contributed by atoms with E-state index in [0.717, 1.165) is 28.1 Å². The molecule has 25 heavy (non-hydrogen) atoms. The van der Waals surface area contributed by atoms with E-state index in [9.17, 15) is 4.79 Å². The number of anilines is 1. The van der Waals surface area contributed by atoms with Crippen LogP contribution in [0, 0.1) is 13.8 Å². The van der Waals surface area contributed by atoms with Gasteiger partial charge in [0.25, 0.3) is 5.91 Å². The molecule has 2 rings (SSSR count). The Kier molecular flexibility index (Phi) is 6.59. The number of hydrogen-bond acceptors (Lipinski definition) is 3. The second-order valence-electron chi connectivity index (χ2n) is 6.45. The van der Waals surface area contributed by atoms with Crippen molar-refractivity contribution >= 4 is 11.6 Å². The Balaban J connectivity index is 2.21. The van der Waals surface area contributed by atoms with Crippen molar-refractivity contribution in [1.29, 1.82) is 0 Å². The van der Waals surface area contributed by atoms with Crippen LogP contribution in [-0.4, -0.2) is 18.6 Å². The zero-order valence-electron chi connectivity index (χ0n) is 15.7. The first-order valence-corrected chi connectivity index (χ1v) is 8.66. The maximum absolute atomic E-state index is 12.6. The molecule has 0 aliphatic heterocycles. The van der Waals surface area contributed by atoms with E-state index in [4.69, 9.17) is 9.47 Å². The van der Waals surface area contributed by atoms with Crippen LogP contribution < -0.4 is 10.1 Å². The van der Waals surface area contributed by atoms with E-state index in [2.05, 4.69) is 11.4 Å². The number of nitrogens with one attached hydrogen (secondary N) is 1. The van der Waals surface area contributed by atoms with Crippen molar-refractivity contribution in [1.82, 2.24) is 0 Å². The number of hydrogen-bond donors (Lipinski definition) is 1. The summed E-state index contributed by atoms with van der Waals surface area (Å²) in [4.78, 5) is 12.6. The van der Waals surface area contributed by atoms with E-state index >= 15 is 0 Å². The van der Waals surface area contributed by atoms with Crippen LogP contribution in [0.25, 0.3) is 0 Å². The van der Waals surface area contributed by atoms with Crippen molar-refractivity contribution in [2.24, 2.45) is 0 Å². The lowest BCUT2D eigenvalue weighted by molar-refractivity contribution is 0.0641. The van der Waals surface area contributed by atoms with Gasteiger partial charge in [-0.05, 0) is 76.1 Å². The number of carbonyl (C=O) groups excluding carboxylic acids is 1. The summed E-state index contributed by atoms with van der Waals surface area (Å²) >= 11 is 0. The van der Waals surface area contributed by atoms with E-state index in [1.54, 1.807) is 6.07 Å². The highest BCUT2D eigenvalue weighted by molar-refractivity contribution is 6.04. The van der Waals surface area contributed by atoms with E-state index in [-0.39, 0.29) is 12.0 Å². The molecule has 2 aromatic carbocycles. The van der Waals surface area contributed by atoms with Gasteiger partial charge in [0.05, 0.1) is 19.3 Å². The topological polar surface area (TPSA) is 47.6 Å². The minimum Gasteiger partial charge on any atom is -0.494 e. The maximum Gasteiger partial charge on any atom is 0.255 e. The smallest absolute Gasteiger partial charge is 0.255 e. The molecule has 0 bridgehead atoms. The number of carbonyl (C=O) groups is 1. The van der Waals surface area contributed by atoms with Crippen molar-refractivity contribution in [2.75, 3.05) is 11.9 Å². The fourth-order valence-corrected chi connectivity index (χ4v) is 2.64. The Bertz CT molecular complexity index is 718. The molecule has 0 aliphatic rings. The van der Waals surface area contributed by atoms with E-state index in [0.29, 0.717) is 18.8 Å². The van der Waals surface area contributed by atoms with Gasteiger partial charge >= 0.3 is 0 Å². The zero-order chi connectivity index (χ0) is 18.4. The van der Waals surface area contributed by atoms with Crippen LogP contribution in [0.4, 0.5) is 5.69 Å².